The molecule has 1 nitrogen and oxygen atoms in total. The molecular formula is C20H32OSi. The van der Waals surface area contributed by atoms with E-state index in [-0.39, 0.29) is 5.92 Å². The summed E-state index contributed by atoms with van der Waals surface area (Å²) in [6.07, 6.45) is 3.57. The lowest BCUT2D eigenvalue weighted by atomic mass is 10.0. The van der Waals surface area contributed by atoms with E-state index < -0.39 is 8.07 Å². The molecule has 0 heterocycles. The Morgan fingerprint density at radius 1 is 1.05 bits per heavy atom. The SMILES string of the molecule is CC(C)=CC[Si](CC(C=O)c1ccccc1)(C(C)C)C(C)C. The first-order valence-electron chi connectivity index (χ1n) is 8.47. The Morgan fingerprint density at radius 2 is 1.59 bits per heavy atom. The van der Waals surface area contributed by atoms with E-state index in [1.54, 1.807) is 0 Å². The molecule has 0 radical (unpaired) electrons. The summed E-state index contributed by atoms with van der Waals surface area (Å²) in [5.74, 6) is 0.0447. The summed E-state index contributed by atoms with van der Waals surface area (Å²) >= 11 is 0. The molecule has 122 valence electrons. The highest BCUT2D eigenvalue weighted by atomic mass is 28.3. The highest BCUT2D eigenvalue weighted by molar-refractivity contribution is 6.83. The van der Waals surface area contributed by atoms with Crippen LogP contribution in [-0.2, 0) is 4.79 Å². The minimum atomic E-state index is -1.59. The number of allylic oxidation sites excluding steroid dienone is 2. The van der Waals surface area contributed by atoms with E-state index in [4.69, 9.17) is 0 Å². The molecule has 0 aliphatic carbocycles. The molecule has 1 unspecified atom stereocenters. The fraction of sp³-hybridized carbons (Fsp3) is 0.550. The molecular weight excluding hydrogens is 284 g/mol. The third-order valence-electron chi connectivity index (χ3n) is 5.18. The van der Waals surface area contributed by atoms with Gasteiger partial charge in [0.05, 0.1) is 8.07 Å². The molecule has 0 saturated heterocycles. The summed E-state index contributed by atoms with van der Waals surface area (Å²) in [6.45, 7) is 13.8. The zero-order chi connectivity index (χ0) is 16.8. The number of hydrogen-bond acceptors (Lipinski definition) is 1. The molecule has 0 spiro atoms. The van der Waals surface area contributed by atoms with Crippen LogP contribution >= 0.6 is 0 Å². The number of rotatable bonds is 8. The molecule has 0 aliphatic heterocycles. The van der Waals surface area contributed by atoms with Gasteiger partial charge in [-0.2, -0.15) is 0 Å². The fourth-order valence-corrected chi connectivity index (χ4v) is 8.77. The molecule has 0 N–H and O–H groups in total. The first-order valence-corrected chi connectivity index (χ1v) is 11.0. The van der Waals surface area contributed by atoms with Gasteiger partial charge in [-0.3, -0.25) is 0 Å². The Balaban J connectivity index is 3.15. The lowest BCUT2D eigenvalue weighted by Crippen LogP contribution is -2.42. The molecule has 0 aliphatic rings. The van der Waals surface area contributed by atoms with Crippen LogP contribution in [0.25, 0.3) is 0 Å². The van der Waals surface area contributed by atoms with Crippen LogP contribution in [0.5, 0.6) is 0 Å². The smallest absolute Gasteiger partial charge is 0.127 e. The van der Waals surface area contributed by atoms with Crippen molar-refractivity contribution >= 4 is 14.4 Å². The van der Waals surface area contributed by atoms with Gasteiger partial charge in [0, 0.05) is 5.92 Å². The standard InChI is InChI=1S/C20H32OSi/c1-16(2)12-13-22(17(3)4,18(5)6)15-20(14-21)19-10-8-7-9-11-19/h7-12,14,17-18,20H,13,15H2,1-6H3. The van der Waals surface area contributed by atoms with E-state index in [1.807, 2.05) is 18.2 Å². The quantitative estimate of drug-likeness (QED) is 0.317. The van der Waals surface area contributed by atoms with Crippen molar-refractivity contribution in [2.75, 3.05) is 0 Å². The highest BCUT2D eigenvalue weighted by Gasteiger charge is 2.40. The van der Waals surface area contributed by atoms with Gasteiger partial charge in [-0.15, -0.1) is 0 Å². The second-order valence-electron chi connectivity index (χ2n) is 7.39. The van der Waals surface area contributed by atoms with Gasteiger partial charge in [-0.1, -0.05) is 80.8 Å². The maximum absolute atomic E-state index is 11.8. The van der Waals surface area contributed by atoms with Crippen LogP contribution in [0.2, 0.25) is 23.2 Å². The Kier molecular flexibility index (Phi) is 7.28. The van der Waals surface area contributed by atoms with Crippen LogP contribution in [-0.4, -0.2) is 14.4 Å². The van der Waals surface area contributed by atoms with Crippen molar-refractivity contribution < 1.29 is 4.79 Å². The van der Waals surface area contributed by atoms with Crippen LogP contribution in [0.1, 0.15) is 53.0 Å². The van der Waals surface area contributed by atoms with Crippen molar-refractivity contribution in [3.05, 3.63) is 47.5 Å². The maximum Gasteiger partial charge on any atom is 0.127 e. The molecule has 0 bridgehead atoms. The maximum atomic E-state index is 11.8. The predicted molar refractivity (Wildman–Crippen MR) is 100 cm³/mol. The molecule has 22 heavy (non-hydrogen) atoms. The van der Waals surface area contributed by atoms with E-state index in [9.17, 15) is 4.79 Å². The molecule has 1 rings (SSSR count). The van der Waals surface area contributed by atoms with Crippen LogP contribution in [0, 0.1) is 0 Å². The molecule has 1 aromatic rings. The summed E-state index contributed by atoms with van der Waals surface area (Å²) in [7, 11) is -1.59. The second kappa shape index (κ2) is 8.47. The Bertz CT molecular complexity index is 476. The summed E-state index contributed by atoms with van der Waals surface area (Å²) in [5, 5.41) is 0. The lowest BCUT2D eigenvalue weighted by molar-refractivity contribution is -0.108. The molecule has 2 heteroatoms. The van der Waals surface area contributed by atoms with Crippen LogP contribution < -0.4 is 0 Å². The van der Waals surface area contributed by atoms with Crippen LogP contribution in [0.4, 0.5) is 0 Å². The van der Waals surface area contributed by atoms with Gasteiger partial charge in [0.15, 0.2) is 0 Å². The van der Waals surface area contributed by atoms with Gasteiger partial charge in [-0.05, 0) is 31.5 Å². The summed E-state index contributed by atoms with van der Waals surface area (Å²) in [4.78, 5) is 11.8. The van der Waals surface area contributed by atoms with Crippen molar-refractivity contribution in [3.8, 4) is 0 Å². The van der Waals surface area contributed by atoms with Crippen molar-refractivity contribution in [3.63, 3.8) is 0 Å². The number of benzene rings is 1. The minimum absolute atomic E-state index is 0.0447. The van der Waals surface area contributed by atoms with Crippen molar-refractivity contribution in [1.29, 1.82) is 0 Å². The largest absolute Gasteiger partial charge is 0.303 e. The van der Waals surface area contributed by atoms with Gasteiger partial charge < -0.3 is 4.79 Å². The Hall–Kier alpha value is -1.15. The zero-order valence-corrected chi connectivity index (χ0v) is 16.1. The van der Waals surface area contributed by atoms with Crippen molar-refractivity contribution in [1.82, 2.24) is 0 Å². The van der Waals surface area contributed by atoms with E-state index in [0.717, 1.165) is 6.04 Å². The molecule has 0 amide bonds. The summed E-state index contributed by atoms with van der Waals surface area (Å²) in [6, 6.07) is 12.5. The summed E-state index contributed by atoms with van der Waals surface area (Å²) in [5.41, 5.74) is 3.91. The van der Waals surface area contributed by atoms with Crippen molar-refractivity contribution in [2.45, 2.75) is 70.6 Å². The number of carbonyl (C=O) groups is 1. The highest BCUT2D eigenvalue weighted by Crippen LogP contribution is 2.43. The predicted octanol–water partition coefficient (Wildman–Crippen LogP) is 6.20. The lowest BCUT2D eigenvalue weighted by Gasteiger charge is -2.41. The van der Waals surface area contributed by atoms with E-state index >= 15 is 0 Å². The van der Waals surface area contributed by atoms with E-state index in [0.29, 0.717) is 11.1 Å². The van der Waals surface area contributed by atoms with Crippen molar-refractivity contribution in [2.24, 2.45) is 0 Å². The molecule has 0 aromatic heterocycles. The average Bonchev–Trinajstić information content (AvgIpc) is 2.47. The molecule has 0 saturated carbocycles. The van der Waals surface area contributed by atoms with Gasteiger partial charge in [0.25, 0.3) is 0 Å². The monoisotopic (exact) mass is 316 g/mol. The van der Waals surface area contributed by atoms with Gasteiger partial charge in [-0.25, -0.2) is 0 Å². The van der Waals surface area contributed by atoms with Gasteiger partial charge >= 0.3 is 0 Å². The first kappa shape index (κ1) is 18.9. The second-order valence-corrected chi connectivity index (χ2v) is 13.0. The van der Waals surface area contributed by atoms with E-state index in [1.165, 1.54) is 23.5 Å². The topological polar surface area (TPSA) is 17.1 Å². The van der Waals surface area contributed by atoms with Gasteiger partial charge in [0.1, 0.15) is 6.29 Å². The fourth-order valence-electron chi connectivity index (χ4n) is 3.44. The number of hydrogen-bond donors (Lipinski definition) is 0. The molecule has 1 atom stereocenters. The Morgan fingerprint density at radius 3 is 2.00 bits per heavy atom. The normalized spacial score (nSPS) is 13.3. The Labute approximate surface area is 137 Å². The third-order valence-corrected chi connectivity index (χ3v) is 11.9. The molecule has 1 aromatic carbocycles. The van der Waals surface area contributed by atoms with E-state index in [2.05, 4.69) is 59.8 Å². The first-order chi connectivity index (χ1) is 10.3. The molecule has 0 fully saturated rings. The summed E-state index contributed by atoms with van der Waals surface area (Å²) < 4.78 is 0. The van der Waals surface area contributed by atoms with Crippen LogP contribution in [0.3, 0.4) is 0 Å². The van der Waals surface area contributed by atoms with Gasteiger partial charge in [0.2, 0.25) is 0 Å². The minimum Gasteiger partial charge on any atom is -0.303 e. The zero-order valence-electron chi connectivity index (χ0n) is 15.1. The average molecular weight is 317 g/mol. The number of carbonyl (C=O) groups excluding carboxylic acids is 1. The third kappa shape index (κ3) is 4.67. The number of aldehydes is 1. The van der Waals surface area contributed by atoms with Crippen LogP contribution in [0.15, 0.2) is 42.0 Å².